The average molecular weight is 446 g/mol. The summed E-state index contributed by atoms with van der Waals surface area (Å²) >= 11 is 0. The van der Waals surface area contributed by atoms with Crippen LogP contribution in [-0.4, -0.2) is 42.7 Å². The van der Waals surface area contributed by atoms with Crippen LogP contribution in [0.3, 0.4) is 0 Å². The number of aliphatic hydroxyl groups is 1. The van der Waals surface area contributed by atoms with Gasteiger partial charge in [0.25, 0.3) is 5.91 Å². The second-order valence-corrected chi connectivity index (χ2v) is 10.8. The number of rotatable bonds is 5. The van der Waals surface area contributed by atoms with Crippen LogP contribution in [0.2, 0.25) is 0 Å². The van der Waals surface area contributed by atoms with E-state index < -0.39 is 15.9 Å². The van der Waals surface area contributed by atoms with Crippen LogP contribution in [0.1, 0.15) is 60.6 Å². The number of amides is 1. The quantitative estimate of drug-likeness (QED) is 0.751. The lowest BCUT2D eigenvalue weighted by Gasteiger charge is -2.34. The Labute approximate surface area is 182 Å². The number of hydrogen-bond acceptors (Lipinski definition) is 4. The smallest absolute Gasteiger partial charge is 0.253 e. The molecular formula is C24H28FNO4S. The Hall–Kier alpha value is -2.25. The molecule has 31 heavy (non-hydrogen) atoms. The Balaban J connectivity index is 1.37. The summed E-state index contributed by atoms with van der Waals surface area (Å²) in [5.74, 6) is -0.452. The lowest BCUT2D eigenvalue weighted by molar-refractivity contribution is 0.0462. The Morgan fingerprint density at radius 1 is 0.935 bits per heavy atom. The van der Waals surface area contributed by atoms with E-state index in [1.54, 1.807) is 41.3 Å². The molecule has 0 bridgehead atoms. The highest BCUT2D eigenvalue weighted by atomic mass is 32.2. The van der Waals surface area contributed by atoms with Gasteiger partial charge in [0.1, 0.15) is 5.82 Å². The van der Waals surface area contributed by atoms with Crippen LogP contribution in [0.4, 0.5) is 4.39 Å². The molecule has 0 spiro atoms. The first kappa shape index (κ1) is 22.0. The van der Waals surface area contributed by atoms with Crippen molar-refractivity contribution in [1.29, 1.82) is 0 Å². The highest BCUT2D eigenvalue weighted by Crippen LogP contribution is 2.32. The van der Waals surface area contributed by atoms with Gasteiger partial charge in [-0.1, -0.05) is 25.0 Å². The summed E-state index contributed by atoms with van der Waals surface area (Å²) in [5.41, 5.74) is 1.16. The molecule has 1 N–H and O–H groups in total. The van der Waals surface area contributed by atoms with E-state index in [-0.39, 0.29) is 27.8 Å². The monoisotopic (exact) mass is 445 g/mol. The predicted molar refractivity (Wildman–Crippen MR) is 116 cm³/mol. The molecule has 1 atom stereocenters. The highest BCUT2D eigenvalue weighted by molar-refractivity contribution is 7.92. The second kappa shape index (κ2) is 9.09. The van der Waals surface area contributed by atoms with Gasteiger partial charge in [-0.2, -0.15) is 0 Å². The number of halogens is 1. The fraction of sp³-hybridized carbons (Fsp3) is 0.458. The highest BCUT2D eigenvalue weighted by Gasteiger charge is 2.31. The largest absolute Gasteiger partial charge is 0.388 e. The minimum Gasteiger partial charge on any atom is -0.388 e. The molecule has 166 valence electrons. The third-order valence-electron chi connectivity index (χ3n) is 6.66. The molecule has 0 radical (unpaired) electrons. The summed E-state index contributed by atoms with van der Waals surface area (Å²) in [7, 11) is -3.33. The fourth-order valence-corrected chi connectivity index (χ4v) is 6.57. The second-order valence-electron chi connectivity index (χ2n) is 8.60. The first-order valence-electron chi connectivity index (χ1n) is 10.9. The summed E-state index contributed by atoms with van der Waals surface area (Å²) in [6.07, 6.45) is 3.94. The standard InChI is InChI=1S/C24H28FNO4S/c25-20-9-5-17(6-10-20)23(27)18-13-15-26(16-14-18)24(28)19-7-11-22(12-8-19)31(29,30)21-3-1-2-4-21/h5-12,18,21,23,27H,1-4,13-16H2. The number of carbonyl (C=O) groups excluding carboxylic acids is 1. The zero-order valence-corrected chi connectivity index (χ0v) is 18.2. The van der Waals surface area contributed by atoms with Gasteiger partial charge in [-0.3, -0.25) is 4.79 Å². The van der Waals surface area contributed by atoms with E-state index >= 15 is 0 Å². The number of likely N-dealkylation sites (tertiary alicyclic amines) is 1. The molecule has 2 aromatic rings. The van der Waals surface area contributed by atoms with Gasteiger partial charge in [0.05, 0.1) is 16.2 Å². The maximum atomic E-state index is 13.1. The molecule has 4 rings (SSSR count). The minimum absolute atomic E-state index is 0.00782. The topological polar surface area (TPSA) is 74.7 Å². The van der Waals surface area contributed by atoms with Crippen molar-refractivity contribution >= 4 is 15.7 Å². The lowest BCUT2D eigenvalue weighted by Crippen LogP contribution is -2.39. The summed E-state index contributed by atoms with van der Waals surface area (Å²) in [4.78, 5) is 14.9. The zero-order valence-electron chi connectivity index (χ0n) is 17.4. The molecule has 2 aliphatic rings. The molecule has 2 aromatic carbocycles. The number of carbonyl (C=O) groups is 1. The van der Waals surface area contributed by atoms with Gasteiger partial charge in [0.15, 0.2) is 9.84 Å². The SMILES string of the molecule is O=C(c1ccc(S(=O)(=O)C2CCCC2)cc1)N1CCC(C(O)c2ccc(F)cc2)CC1. The third-order valence-corrected chi connectivity index (χ3v) is 8.93. The van der Waals surface area contributed by atoms with E-state index in [1.165, 1.54) is 12.1 Å². The van der Waals surface area contributed by atoms with Crippen molar-refractivity contribution in [2.24, 2.45) is 5.92 Å². The van der Waals surface area contributed by atoms with Crippen LogP contribution in [0.15, 0.2) is 53.4 Å². The van der Waals surface area contributed by atoms with Gasteiger partial charge in [-0.15, -0.1) is 0 Å². The van der Waals surface area contributed by atoms with Crippen molar-refractivity contribution < 1.29 is 22.7 Å². The van der Waals surface area contributed by atoms with Gasteiger partial charge in [0.2, 0.25) is 0 Å². The van der Waals surface area contributed by atoms with Gasteiger partial charge in [-0.05, 0) is 73.6 Å². The maximum Gasteiger partial charge on any atom is 0.253 e. The molecule has 1 aliphatic heterocycles. The Kier molecular flexibility index (Phi) is 6.44. The van der Waals surface area contributed by atoms with Crippen molar-refractivity contribution in [3.63, 3.8) is 0 Å². The Morgan fingerprint density at radius 3 is 2.10 bits per heavy atom. The van der Waals surface area contributed by atoms with Crippen molar-refractivity contribution in [3.05, 3.63) is 65.5 Å². The number of aliphatic hydroxyl groups excluding tert-OH is 1. The van der Waals surface area contributed by atoms with E-state index in [9.17, 15) is 22.7 Å². The molecule has 1 saturated heterocycles. The number of sulfone groups is 1. The minimum atomic E-state index is -3.33. The van der Waals surface area contributed by atoms with Gasteiger partial charge in [-0.25, -0.2) is 12.8 Å². The van der Waals surface area contributed by atoms with E-state index in [2.05, 4.69) is 0 Å². The van der Waals surface area contributed by atoms with Gasteiger partial charge >= 0.3 is 0 Å². The van der Waals surface area contributed by atoms with Gasteiger partial charge in [0, 0.05) is 18.7 Å². The van der Waals surface area contributed by atoms with Crippen LogP contribution < -0.4 is 0 Å². The molecule has 2 fully saturated rings. The van der Waals surface area contributed by atoms with E-state index in [4.69, 9.17) is 0 Å². The van der Waals surface area contributed by atoms with Gasteiger partial charge < -0.3 is 10.0 Å². The maximum absolute atomic E-state index is 13.1. The summed E-state index contributed by atoms with van der Waals surface area (Å²) < 4.78 is 38.5. The van der Waals surface area contributed by atoms with Crippen LogP contribution in [-0.2, 0) is 9.84 Å². The first-order chi connectivity index (χ1) is 14.9. The molecule has 1 heterocycles. The fourth-order valence-electron chi connectivity index (χ4n) is 4.71. The molecule has 7 heteroatoms. The van der Waals surface area contributed by atoms with Crippen molar-refractivity contribution in [3.8, 4) is 0 Å². The number of benzene rings is 2. The van der Waals surface area contributed by atoms with Crippen LogP contribution >= 0.6 is 0 Å². The van der Waals surface area contributed by atoms with Crippen LogP contribution in [0.5, 0.6) is 0 Å². The van der Waals surface area contributed by atoms with Crippen molar-refractivity contribution in [2.75, 3.05) is 13.1 Å². The van der Waals surface area contributed by atoms with Crippen molar-refractivity contribution in [2.45, 2.75) is 54.8 Å². The Morgan fingerprint density at radius 2 is 1.52 bits per heavy atom. The molecule has 1 aliphatic carbocycles. The molecule has 0 aromatic heterocycles. The van der Waals surface area contributed by atoms with E-state index in [1.807, 2.05) is 0 Å². The number of piperidine rings is 1. The molecule has 5 nitrogen and oxygen atoms in total. The predicted octanol–water partition coefficient (Wildman–Crippen LogP) is 4.13. The Bertz CT molecular complexity index is 1010. The molecule has 1 amide bonds. The molecular weight excluding hydrogens is 417 g/mol. The normalized spacial score (nSPS) is 19.5. The summed E-state index contributed by atoms with van der Waals surface area (Å²) in [6.45, 7) is 1.04. The molecule has 1 saturated carbocycles. The van der Waals surface area contributed by atoms with E-state index in [0.717, 1.165) is 12.8 Å². The number of hydrogen-bond donors (Lipinski definition) is 1. The van der Waals surface area contributed by atoms with Crippen LogP contribution in [0.25, 0.3) is 0 Å². The summed E-state index contributed by atoms with van der Waals surface area (Å²) in [5, 5.41) is 10.3. The van der Waals surface area contributed by atoms with Crippen molar-refractivity contribution in [1.82, 2.24) is 4.90 Å². The molecule has 1 unspecified atom stereocenters. The first-order valence-corrected chi connectivity index (χ1v) is 12.5. The van der Waals surface area contributed by atoms with Crippen LogP contribution in [0, 0.1) is 11.7 Å². The zero-order chi connectivity index (χ0) is 22.0. The average Bonchev–Trinajstić information content (AvgIpc) is 3.35. The third kappa shape index (κ3) is 4.67. The van der Waals surface area contributed by atoms with E-state index in [0.29, 0.717) is 49.9 Å². The summed E-state index contributed by atoms with van der Waals surface area (Å²) in [6, 6.07) is 12.2. The lowest BCUT2D eigenvalue weighted by atomic mass is 9.87. The number of nitrogens with zero attached hydrogens (tertiary/aromatic N) is 1.